The Labute approximate surface area is 118 Å². The van der Waals surface area contributed by atoms with Crippen molar-refractivity contribution < 1.29 is 9.60 Å². The number of hydrogen-bond acceptors (Lipinski definition) is 3. The molecule has 0 amide bonds. The summed E-state index contributed by atoms with van der Waals surface area (Å²) in [4.78, 5) is 12.1. The van der Waals surface area contributed by atoms with E-state index >= 15 is 0 Å². The average molecular weight is 296 g/mol. The minimum atomic E-state index is -0.501. The molecule has 1 aromatic carbocycles. The molecule has 0 radical (unpaired) electrons. The lowest BCUT2D eigenvalue weighted by Gasteiger charge is -2.09. The predicted molar refractivity (Wildman–Crippen MR) is 73.7 cm³/mol. The van der Waals surface area contributed by atoms with Crippen LogP contribution in [0.5, 0.6) is 0 Å². The Morgan fingerprint density at radius 2 is 2.15 bits per heavy atom. The molecule has 0 atom stereocenters. The van der Waals surface area contributed by atoms with E-state index in [0.717, 1.165) is 0 Å². The molecule has 0 aliphatic heterocycles. The van der Waals surface area contributed by atoms with Crippen molar-refractivity contribution in [3.63, 3.8) is 0 Å². The molecule has 2 rings (SSSR count). The second-order valence-corrected chi connectivity index (χ2v) is 4.45. The van der Waals surface area contributed by atoms with Gasteiger partial charge < -0.3 is 15.5 Å². The van der Waals surface area contributed by atoms with Gasteiger partial charge in [-0.25, -0.2) is 4.39 Å². The Morgan fingerprint density at radius 3 is 2.80 bits per heavy atom. The number of amidine groups is 1. The maximum atomic E-state index is 13.7. The number of aromatic nitrogens is 1. The fraction of sp³-hybridized carbons (Fsp3) is 0.0769. The quantitative estimate of drug-likeness (QED) is 0.392. The van der Waals surface area contributed by atoms with Gasteiger partial charge in [0.2, 0.25) is 0 Å². The molecule has 0 aliphatic carbocycles. The molecule has 2 aromatic rings. The fourth-order valence-corrected chi connectivity index (χ4v) is 1.99. The molecule has 104 valence electrons. The molecule has 0 unspecified atom stereocenters. The van der Waals surface area contributed by atoms with E-state index in [1.165, 1.54) is 29.0 Å². The summed E-state index contributed by atoms with van der Waals surface area (Å²) in [6.07, 6.45) is 1.47. The first-order valence-electron chi connectivity index (χ1n) is 5.65. The van der Waals surface area contributed by atoms with Crippen molar-refractivity contribution in [1.29, 1.82) is 0 Å². The zero-order chi connectivity index (χ0) is 14.7. The molecule has 7 heteroatoms. The summed E-state index contributed by atoms with van der Waals surface area (Å²) < 4.78 is 14.9. The van der Waals surface area contributed by atoms with Crippen LogP contribution >= 0.6 is 11.6 Å². The number of nitrogens with two attached hydrogens (primary N) is 1. The Kier molecular flexibility index (Phi) is 4.05. The minimum Gasteiger partial charge on any atom is -0.409 e. The van der Waals surface area contributed by atoms with Gasteiger partial charge >= 0.3 is 0 Å². The van der Waals surface area contributed by atoms with Crippen LogP contribution in [0.4, 0.5) is 4.39 Å². The molecule has 0 aliphatic rings. The molecule has 0 spiro atoms. The second-order valence-electron chi connectivity index (χ2n) is 4.04. The van der Waals surface area contributed by atoms with E-state index in [1.54, 1.807) is 12.1 Å². The lowest BCUT2D eigenvalue weighted by molar-refractivity contribution is 0.318. The topological polar surface area (TPSA) is 80.6 Å². The monoisotopic (exact) mass is 295 g/mol. The summed E-state index contributed by atoms with van der Waals surface area (Å²) in [6, 6.07) is 7.25. The number of rotatable bonds is 3. The summed E-state index contributed by atoms with van der Waals surface area (Å²) >= 11 is 5.92. The van der Waals surface area contributed by atoms with Crippen LogP contribution in [0, 0.1) is 5.82 Å². The van der Waals surface area contributed by atoms with Crippen LogP contribution in [0.1, 0.15) is 11.1 Å². The largest absolute Gasteiger partial charge is 0.409 e. The Balaban J connectivity index is 2.48. The van der Waals surface area contributed by atoms with Crippen molar-refractivity contribution in [3.8, 4) is 0 Å². The van der Waals surface area contributed by atoms with Crippen LogP contribution in [-0.2, 0) is 6.54 Å². The second kappa shape index (κ2) is 5.75. The maximum absolute atomic E-state index is 13.7. The van der Waals surface area contributed by atoms with E-state index in [9.17, 15) is 9.18 Å². The number of oxime groups is 1. The van der Waals surface area contributed by atoms with Crippen molar-refractivity contribution >= 4 is 17.4 Å². The van der Waals surface area contributed by atoms with Gasteiger partial charge in [0.05, 0.1) is 12.1 Å². The first-order chi connectivity index (χ1) is 9.54. The molecule has 0 saturated carbocycles. The number of pyridine rings is 1. The van der Waals surface area contributed by atoms with E-state index in [0.29, 0.717) is 0 Å². The predicted octanol–water partition coefficient (Wildman–Crippen LogP) is 1.78. The first-order valence-corrected chi connectivity index (χ1v) is 6.02. The highest BCUT2D eigenvalue weighted by molar-refractivity contribution is 6.31. The standard InChI is InChI=1S/C13H11ClFN3O2/c14-10-4-1-5-11(15)9(10)7-18-6-2-3-8(13(18)19)12(16)17-20/h1-6,20H,7H2,(H2,16,17). The van der Waals surface area contributed by atoms with Gasteiger partial charge in [0, 0.05) is 16.8 Å². The summed E-state index contributed by atoms with van der Waals surface area (Å²) in [7, 11) is 0. The third-order valence-corrected chi connectivity index (χ3v) is 3.15. The molecule has 0 bridgehead atoms. The van der Waals surface area contributed by atoms with E-state index in [-0.39, 0.29) is 28.5 Å². The smallest absolute Gasteiger partial charge is 0.261 e. The number of hydrogen-bond donors (Lipinski definition) is 2. The highest BCUT2D eigenvalue weighted by Gasteiger charge is 2.11. The van der Waals surface area contributed by atoms with Gasteiger partial charge in [-0.3, -0.25) is 4.79 Å². The highest BCUT2D eigenvalue weighted by atomic mass is 35.5. The molecule has 1 heterocycles. The fourth-order valence-electron chi connectivity index (χ4n) is 1.76. The minimum absolute atomic E-state index is 0.0301. The van der Waals surface area contributed by atoms with Crippen molar-refractivity contribution in [1.82, 2.24) is 4.57 Å². The normalized spacial score (nSPS) is 11.6. The van der Waals surface area contributed by atoms with Gasteiger partial charge in [-0.05, 0) is 24.3 Å². The van der Waals surface area contributed by atoms with Crippen molar-refractivity contribution in [3.05, 3.63) is 68.8 Å². The van der Waals surface area contributed by atoms with Gasteiger partial charge in [0.15, 0.2) is 5.84 Å². The van der Waals surface area contributed by atoms with Crippen molar-refractivity contribution in [2.75, 3.05) is 0 Å². The lowest BCUT2D eigenvalue weighted by atomic mass is 10.2. The first kappa shape index (κ1) is 14.1. The zero-order valence-corrected chi connectivity index (χ0v) is 11.0. The van der Waals surface area contributed by atoms with Crippen LogP contribution in [0.25, 0.3) is 0 Å². The molecular formula is C13H11ClFN3O2. The van der Waals surface area contributed by atoms with Crippen LogP contribution < -0.4 is 11.3 Å². The van der Waals surface area contributed by atoms with Crippen LogP contribution in [0.15, 0.2) is 46.5 Å². The Bertz CT molecular complexity index is 708. The molecule has 0 fully saturated rings. The summed E-state index contributed by atoms with van der Waals surface area (Å²) in [5, 5.41) is 11.6. The van der Waals surface area contributed by atoms with Gasteiger partial charge in [-0.15, -0.1) is 0 Å². The molecule has 5 nitrogen and oxygen atoms in total. The molecule has 1 aromatic heterocycles. The van der Waals surface area contributed by atoms with Crippen LogP contribution in [-0.4, -0.2) is 15.6 Å². The van der Waals surface area contributed by atoms with Crippen molar-refractivity contribution in [2.24, 2.45) is 10.9 Å². The number of halogens is 2. The van der Waals surface area contributed by atoms with Crippen molar-refractivity contribution in [2.45, 2.75) is 6.54 Å². The average Bonchev–Trinajstić information content (AvgIpc) is 2.44. The molecule has 20 heavy (non-hydrogen) atoms. The molecule has 3 N–H and O–H groups in total. The molecular weight excluding hydrogens is 285 g/mol. The lowest BCUT2D eigenvalue weighted by Crippen LogP contribution is -2.30. The van der Waals surface area contributed by atoms with Gasteiger partial charge in [-0.2, -0.15) is 0 Å². The summed E-state index contributed by atoms with van der Waals surface area (Å²) in [5.41, 5.74) is 5.14. The van der Waals surface area contributed by atoms with Gasteiger partial charge in [0.25, 0.3) is 5.56 Å². The van der Waals surface area contributed by atoms with Gasteiger partial charge in [0.1, 0.15) is 5.82 Å². The van der Waals surface area contributed by atoms with Crippen LogP contribution in [0.2, 0.25) is 5.02 Å². The summed E-state index contributed by atoms with van der Waals surface area (Å²) in [5.74, 6) is -0.803. The number of benzene rings is 1. The zero-order valence-electron chi connectivity index (χ0n) is 10.3. The van der Waals surface area contributed by atoms with Gasteiger partial charge in [-0.1, -0.05) is 22.8 Å². The van der Waals surface area contributed by atoms with Crippen LogP contribution in [0.3, 0.4) is 0 Å². The Hall–Kier alpha value is -2.34. The molecule has 0 saturated heterocycles. The highest BCUT2D eigenvalue weighted by Crippen LogP contribution is 2.19. The third-order valence-electron chi connectivity index (χ3n) is 2.79. The van der Waals surface area contributed by atoms with E-state index in [2.05, 4.69) is 5.16 Å². The SMILES string of the molecule is N/C(=N/O)c1cccn(Cc2c(F)cccc2Cl)c1=O. The maximum Gasteiger partial charge on any atom is 0.261 e. The van der Waals surface area contributed by atoms with E-state index in [4.69, 9.17) is 22.5 Å². The van der Waals surface area contributed by atoms with E-state index < -0.39 is 11.4 Å². The number of nitrogens with zero attached hydrogens (tertiary/aromatic N) is 2. The summed E-state index contributed by atoms with van der Waals surface area (Å²) in [6.45, 7) is -0.0448. The third kappa shape index (κ3) is 2.65. The van der Waals surface area contributed by atoms with E-state index in [1.807, 2.05) is 0 Å². The Morgan fingerprint density at radius 1 is 1.40 bits per heavy atom.